The second-order valence-electron chi connectivity index (χ2n) is 6.14. The summed E-state index contributed by atoms with van der Waals surface area (Å²) in [5.74, 6) is 1.41. The summed E-state index contributed by atoms with van der Waals surface area (Å²) in [5.41, 5.74) is 5.70. The lowest BCUT2D eigenvalue weighted by atomic mass is 9.92. The van der Waals surface area contributed by atoms with Crippen LogP contribution in [-0.2, 0) is 6.42 Å². The standard InChI is InChI=1S/C19H21N3/c1-13-6-5-9-15-16(13)12-17(14-7-3-2-4-8-14)18(15)22-19-20-10-11-21-19/h2-9,17-18H,10-12H2,1H3,(H2,20,21,22). The molecule has 0 aromatic heterocycles. The molecule has 2 aromatic carbocycles. The van der Waals surface area contributed by atoms with Crippen LogP contribution >= 0.6 is 0 Å². The van der Waals surface area contributed by atoms with Gasteiger partial charge in [-0.3, -0.25) is 4.99 Å². The van der Waals surface area contributed by atoms with Gasteiger partial charge in [-0.25, -0.2) is 0 Å². The van der Waals surface area contributed by atoms with Gasteiger partial charge in [-0.2, -0.15) is 0 Å². The third-order valence-corrected chi connectivity index (χ3v) is 4.80. The Morgan fingerprint density at radius 1 is 1.09 bits per heavy atom. The normalized spacial score (nSPS) is 22.9. The van der Waals surface area contributed by atoms with E-state index in [4.69, 9.17) is 0 Å². The molecule has 2 N–H and O–H groups in total. The maximum atomic E-state index is 4.52. The Balaban J connectivity index is 1.73. The fraction of sp³-hybridized carbons (Fsp3) is 0.316. The third kappa shape index (κ3) is 2.27. The first-order chi connectivity index (χ1) is 10.8. The van der Waals surface area contributed by atoms with Crippen molar-refractivity contribution >= 4 is 5.96 Å². The summed E-state index contributed by atoms with van der Waals surface area (Å²) >= 11 is 0. The Morgan fingerprint density at radius 2 is 1.95 bits per heavy atom. The van der Waals surface area contributed by atoms with Gasteiger partial charge in [-0.1, -0.05) is 48.5 Å². The summed E-state index contributed by atoms with van der Waals surface area (Å²) in [5, 5.41) is 6.99. The van der Waals surface area contributed by atoms with E-state index in [0.717, 1.165) is 25.5 Å². The molecule has 0 radical (unpaired) electrons. The Bertz CT molecular complexity index is 706. The average Bonchev–Trinajstić information content (AvgIpc) is 3.18. The number of guanidine groups is 1. The van der Waals surface area contributed by atoms with Crippen molar-refractivity contribution in [3.05, 3.63) is 70.8 Å². The first-order valence-electron chi connectivity index (χ1n) is 8.01. The highest BCUT2D eigenvalue weighted by molar-refractivity contribution is 5.82. The van der Waals surface area contributed by atoms with Crippen LogP contribution in [0.4, 0.5) is 0 Å². The Hall–Kier alpha value is -2.29. The molecule has 1 aliphatic carbocycles. The van der Waals surface area contributed by atoms with Crippen molar-refractivity contribution in [3.8, 4) is 0 Å². The Kier molecular flexibility index (Phi) is 3.34. The number of nitrogens with zero attached hydrogens (tertiary/aromatic N) is 1. The Labute approximate surface area is 131 Å². The molecule has 22 heavy (non-hydrogen) atoms. The van der Waals surface area contributed by atoms with Crippen LogP contribution in [0.3, 0.4) is 0 Å². The van der Waals surface area contributed by atoms with Crippen LogP contribution < -0.4 is 10.6 Å². The van der Waals surface area contributed by atoms with Crippen molar-refractivity contribution in [1.29, 1.82) is 0 Å². The minimum Gasteiger partial charge on any atom is -0.355 e. The SMILES string of the molecule is Cc1cccc2c1CC(c1ccccc1)C2NC1=NCCN1. The van der Waals surface area contributed by atoms with Crippen molar-refractivity contribution in [1.82, 2.24) is 10.6 Å². The molecule has 0 bridgehead atoms. The minimum atomic E-state index is 0.293. The fourth-order valence-corrected chi connectivity index (χ4v) is 3.68. The second-order valence-corrected chi connectivity index (χ2v) is 6.14. The molecule has 0 spiro atoms. The van der Waals surface area contributed by atoms with Crippen molar-refractivity contribution in [2.24, 2.45) is 4.99 Å². The maximum absolute atomic E-state index is 4.52. The molecule has 0 amide bonds. The number of fused-ring (bicyclic) bond motifs is 1. The molecule has 2 aliphatic rings. The number of hydrogen-bond donors (Lipinski definition) is 2. The zero-order chi connectivity index (χ0) is 14.9. The molecule has 112 valence electrons. The van der Waals surface area contributed by atoms with Gasteiger partial charge in [-0.05, 0) is 35.6 Å². The largest absolute Gasteiger partial charge is 0.355 e. The van der Waals surface area contributed by atoms with E-state index in [1.807, 2.05) is 0 Å². The third-order valence-electron chi connectivity index (χ3n) is 4.80. The van der Waals surface area contributed by atoms with Gasteiger partial charge in [0.15, 0.2) is 5.96 Å². The van der Waals surface area contributed by atoms with E-state index in [0.29, 0.717) is 12.0 Å². The van der Waals surface area contributed by atoms with E-state index < -0.39 is 0 Å². The first-order valence-corrected chi connectivity index (χ1v) is 8.01. The smallest absolute Gasteiger partial charge is 0.191 e. The van der Waals surface area contributed by atoms with E-state index in [1.54, 1.807) is 0 Å². The van der Waals surface area contributed by atoms with Gasteiger partial charge in [0.25, 0.3) is 0 Å². The maximum Gasteiger partial charge on any atom is 0.191 e. The lowest BCUT2D eigenvalue weighted by Gasteiger charge is -2.23. The van der Waals surface area contributed by atoms with Gasteiger partial charge in [0.05, 0.1) is 12.6 Å². The predicted molar refractivity (Wildman–Crippen MR) is 90.2 cm³/mol. The van der Waals surface area contributed by atoms with Crippen molar-refractivity contribution in [2.75, 3.05) is 13.1 Å². The van der Waals surface area contributed by atoms with Crippen LogP contribution in [0.25, 0.3) is 0 Å². The van der Waals surface area contributed by atoms with Crippen LogP contribution in [0.2, 0.25) is 0 Å². The molecule has 4 rings (SSSR count). The summed E-state index contributed by atoms with van der Waals surface area (Å²) in [7, 11) is 0. The monoisotopic (exact) mass is 291 g/mol. The van der Waals surface area contributed by atoms with Crippen molar-refractivity contribution in [2.45, 2.75) is 25.3 Å². The van der Waals surface area contributed by atoms with E-state index >= 15 is 0 Å². The predicted octanol–water partition coefficient (Wildman–Crippen LogP) is 2.92. The molecule has 2 aromatic rings. The number of rotatable bonds is 2. The average molecular weight is 291 g/mol. The zero-order valence-electron chi connectivity index (χ0n) is 12.8. The molecule has 2 atom stereocenters. The van der Waals surface area contributed by atoms with E-state index in [1.165, 1.54) is 22.3 Å². The van der Waals surface area contributed by atoms with Gasteiger partial charge in [0.1, 0.15) is 0 Å². The van der Waals surface area contributed by atoms with Gasteiger partial charge < -0.3 is 10.6 Å². The van der Waals surface area contributed by atoms with Gasteiger partial charge in [0, 0.05) is 12.5 Å². The molecule has 1 aliphatic heterocycles. The summed E-state index contributed by atoms with van der Waals surface area (Å²) < 4.78 is 0. The molecular formula is C19H21N3. The highest BCUT2D eigenvalue weighted by Gasteiger charge is 2.35. The van der Waals surface area contributed by atoms with Gasteiger partial charge in [0.2, 0.25) is 0 Å². The van der Waals surface area contributed by atoms with E-state index in [9.17, 15) is 0 Å². The lowest BCUT2D eigenvalue weighted by Crippen LogP contribution is -2.37. The van der Waals surface area contributed by atoms with E-state index in [-0.39, 0.29) is 0 Å². The lowest BCUT2D eigenvalue weighted by molar-refractivity contribution is 0.546. The minimum absolute atomic E-state index is 0.293. The molecule has 3 nitrogen and oxygen atoms in total. The van der Waals surface area contributed by atoms with E-state index in [2.05, 4.69) is 71.1 Å². The molecule has 0 saturated carbocycles. The summed E-state index contributed by atoms with van der Waals surface area (Å²) in [6.45, 7) is 4.02. The van der Waals surface area contributed by atoms with Crippen LogP contribution in [0.15, 0.2) is 53.5 Å². The van der Waals surface area contributed by atoms with Gasteiger partial charge >= 0.3 is 0 Å². The molecule has 3 heteroatoms. The quantitative estimate of drug-likeness (QED) is 0.892. The molecule has 0 saturated heterocycles. The highest BCUT2D eigenvalue weighted by Crippen LogP contribution is 2.43. The zero-order valence-corrected chi connectivity index (χ0v) is 12.8. The number of nitrogens with one attached hydrogen (secondary N) is 2. The summed E-state index contributed by atoms with van der Waals surface area (Å²) in [4.78, 5) is 4.52. The second kappa shape index (κ2) is 5.48. The van der Waals surface area contributed by atoms with Crippen molar-refractivity contribution < 1.29 is 0 Å². The van der Waals surface area contributed by atoms with Crippen molar-refractivity contribution in [3.63, 3.8) is 0 Å². The van der Waals surface area contributed by atoms with Crippen LogP contribution in [0.1, 0.15) is 34.2 Å². The topological polar surface area (TPSA) is 36.4 Å². The molecule has 1 heterocycles. The number of aliphatic imine (C=N–C) groups is 1. The highest BCUT2D eigenvalue weighted by atomic mass is 15.2. The molecular weight excluding hydrogens is 270 g/mol. The number of hydrogen-bond acceptors (Lipinski definition) is 3. The van der Waals surface area contributed by atoms with Crippen LogP contribution in [0, 0.1) is 6.92 Å². The van der Waals surface area contributed by atoms with Gasteiger partial charge in [-0.15, -0.1) is 0 Å². The summed E-state index contributed by atoms with van der Waals surface area (Å²) in [6.07, 6.45) is 1.09. The number of aryl methyl sites for hydroxylation is 1. The number of benzene rings is 2. The molecule has 0 fully saturated rings. The first kappa shape index (κ1) is 13.4. The fourth-order valence-electron chi connectivity index (χ4n) is 3.68. The Morgan fingerprint density at radius 3 is 2.73 bits per heavy atom. The molecule has 2 unspecified atom stereocenters. The van der Waals surface area contributed by atoms with Crippen LogP contribution in [0.5, 0.6) is 0 Å². The van der Waals surface area contributed by atoms with Crippen LogP contribution in [-0.4, -0.2) is 19.0 Å². The summed E-state index contributed by atoms with van der Waals surface area (Å²) in [6, 6.07) is 17.8.